The van der Waals surface area contributed by atoms with Gasteiger partial charge in [-0.05, 0) is 60.3 Å². The molecule has 0 fully saturated rings. The van der Waals surface area contributed by atoms with Crippen molar-refractivity contribution in [1.29, 1.82) is 0 Å². The first-order chi connectivity index (χ1) is 15.0. The summed E-state index contributed by atoms with van der Waals surface area (Å²) in [5.41, 5.74) is 7.34. The van der Waals surface area contributed by atoms with E-state index in [1.807, 2.05) is 22.6 Å². The van der Waals surface area contributed by atoms with Gasteiger partial charge < -0.3 is 20.4 Å². The molecule has 2 rings (SSSR count). The highest BCUT2D eigenvalue weighted by molar-refractivity contribution is 14.1. The minimum absolute atomic E-state index is 0.000975. The van der Waals surface area contributed by atoms with Gasteiger partial charge in [0.1, 0.15) is 11.6 Å². The smallest absolute Gasteiger partial charge is 0.383 e. The third-order valence-electron chi connectivity index (χ3n) is 4.22. The lowest BCUT2D eigenvalue weighted by molar-refractivity contribution is -0.116. The van der Waals surface area contributed by atoms with Crippen molar-refractivity contribution in [3.8, 4) is 0 Å². The van der Waals surface area contributed by atoms with Crippen LogP contribution in [0.1, 0.15) is 35.1 Å². The number of phosphoric ester groups is 1. The molecule has 0 unspecified atom stereocenters. The van der Waals surface area contributed by atoms with E-state index in [0.29, 0.717) is 34.0 Å². The van der Waals surface area contributed by atoms with Gasteiger partial charge in [-0.2, -0.15) is 0 Å². The molecule has 0 spiro atoms. The Labute approximate surface area is 203 Å². The van der Waals surface area contributed by atoms with Crippen molar-refractivity contribution in [2.45, 2.75) is 26.8 Å². The number of nitrogens with zero attached hydrogens (tertiary/aromatic N) is 3. The van der Waals surface area contributed by atoms with Crippen LogP contribution in [0.2, 0.25) is 0 Å². The Morgan fingerprint density at radius 1 is 1.38 bits per heavy atom. The molecule has 0 saturated carbocycles. The second-order valence-electron chi connectivity index (χ2n) is 6.51. The molecule has 13 heteroatoms. The van der Waals surface area contributed by atoms with Gasteiger partial charge in [-0.1, -0.05) is 12.1 Å². The van der Waals surface area contributed by atoms with Gasteiger partial charge in [-0.25, -0.2) is 14.5 Å². The Morgan fingerprint density at radius 3 is 2.66 bits per heavy atom. The van der Waals surface area contributed by atoms with Crippen LogP contribution < -0.4 is 5.73 Å². The summed E-state index contributed by atoms with van der Waals surface area (Å²) >= 11 is 2.92. The second-order valence-corrected chi connectivity index (χ2v) is 9.98. The number of nitrogen functional groups attached to an aromatic ring is 1. The highest BCUT2D eigenvalue weighted by atomic mass is 127. The minimum Gasteiger partial charge on any atom is -0.383 e. The van der Waals surface area contributed by atoms with E-state index in [0.717, 1.165) is 15.3 Å². The molecule has 0 radical (unpaired) electrons. The van der Waals surface area contributed by atoms with E-state index >= 15 is 0 Å². The fourth-order valence-electron chi connectivity index (χ4n) is 2.57. The van der Waals surface area contributed by atoms with Crippen molar-refractivity contribution >= 4 is 59.5 Å². The number of anilines is 1. The number of carbonyl (C=O) groups excluding carboxylic acids is 2. The maximum Gasteiger partial charge on any atom is 0.469 e. The number of thioether (sulfide) groups is 1. The molecule has 4 N–H and O–H groups in total. The number of nitrogens with two attached hydrogens (primary N) is 1. The van der Waals surface area contributed by atoms with E-state index in [2.05, 4.69) is 14.5 Å². The summed E-state index contributed by atoms with van der Waals surface area (Å²) in [6.45, 7) is 3.03. The number of rotatable bonds is 10. The van der Waals surface area contributed by atoms with E-state index in [-0.39, 0.29) is 30.5 Å². The maximum atomic E-state index is 12.9. The SMILES string of the molecule is C/C(=C(\CCOP(=O)(O)O)SC(=O)c1ccccc1I)N(C=O)Cc1cnc(C)nc1N. The fourth-order valence-corrected chi connectivity index (χ4v) is 4.68. The lowest BCUT2D eigenvalue weighted by Gasteiger charge is -2.22. The fraction of sp³-hybridized carbons (Fsp3) is 0.263. The zero-order valence-corrected chi connectivity index (χ0v) is 21.1. The molecule has 1 heterocycles. The Kier molecular flexibility index (Phi) is 9.80. The van der Waals surface area contributed by atoms with Crippen molar-refractivity contribution < 1.29 is 28.5 Å². The average molecular weight is 592 g/mol. The van der Waals surface area contributed by atoms with Gasteiger partial charge in [0.15, 0.2) is 0 Å². The second kappa shape index (κ2) is 11.9. The van der Waals surface area contributed by atoms with Crippen LogP contribution in [0.4, 0.5) is 5.82 Å². The molecule has 172 valence electrons. The third-order valence-corrected chi connectivity index (χ3v) is 6.83. The van der Waals surface area contributed by atoms with Crippen molar-refractivity contribution in [2.24, 2.45) is 0 Å². The monoisotopic (exact) mass is 592 g/mol. The van der Waals surface area contributed by atoms with Crippen molar-refractivity contribution in [3.63, 3.8) is 0 Å². The first-order valence-electron chi connectivity index (χ1n) is 9.18. The van der Waals surface area contributed by atoms with Crippen LogP contribution in [0.15, 0.2) is 41.1 Å². The molecule has 0 atom stereocenters. The van der Waals surface area contributed by atoms with Crippen molar-refractivity contribution in [1.82, 2.24) is 14.9 Å². The lowest BCUT2D eigenvalue weighted by Crippen LogP contribution is -2.22. The standard InChI is InChI=1S/C19H22IN4O6PS/c1-12(24(11-25)10-14-9-22-13(2)23-18(14)21)17(7-8-30-31(27,28)29)32-19(26)15-5-3-4-6-16(15)20/h3-6,9,11H,7-8,10H2,1-2H3,(H2,21,22,23)(H2,27,28,29)/b17-12-. The van der Waals surface area contributed by atoms with Crippen LogP contribution in [0.25, 0.3) is 0 Å². The highest BCUT2D eigenvalue weighted by Gasteiger charge is 2.20. The number of hydrogen-bond acceptors (Lipinski definition) is 8. The number of allylic oxidation sites excluding steroid dienone is 1. The molecule has 0 saturated heterocycles. The van der Waals surface area contributed by atoms with E-state index in [9.17, 15) is 14.2 Å². The summed E-state index contributed by atoms with van der Waals surface area (Å²) in [5.74, 6) is 0.719. The molecule has 1 aromatic carbocycles. The third kappa shape index (κ3) is 7.94. The maximum absolute atomic E-state index is 12.9. The first kappa shape index (κ1) is 26.4. The van der Waals surface area contributed by atoms with Gasteiger partial charge in [0.05, 0.1) is 13.2 Å². The van der Waals surface area contributed by atoms with Gasteiger partial charge in [0, 0.05) is 37.9 Å². The predicted molar refractivity (Wildman–Crippen MR) is 129 cm³/mol. The topological polar surface area (TPSA) is 156 Å². The van der Waals surface area contributed by atoms with Gasteiger partial charge in [0.2, 0.25) is 11.5 Å². The normalized spacial score (nSPS) is 12.3. The summed E-state index contributed by atoms with van der Waals surface area (Å²) in [4.78, 5) is 52.6. The van der Waals surface area contributed by atoms with Gasteiger partial charge in [0.25, 0.3) is 0 Å². The summed E-state index contributed by atoms with van der Waals surface area (Å²) in [5, 5.41) is -0.274. The molecular formula is C19H22IN4O6PS. The molecule has 1 aromatic heterocycles. The van der Waals surface area contributed by atoms with Crippen LogP contribution in [0, 0.1) is 10.5 Å². The molecule has 1 amide bonds. The zero-order chi connectivity index (χ0) is 23.9. The summed E-state index contributed by atoms with van der Waals surface area (Å²) in [7, 11) is -4.68. The molecule has 0 aliphatic rings. The summed E-state index contributed by atoms with van der Waals surface area (Å²) < 4.78 is 16.4. The lowest BCUT2D eigenvalue weighted by atomic mass is 10.2. The highest BCUT2D eigenvalue weighted by Crippen LogP contribution is 2.37. The van der Waals surface area contributed by atoms with E-state index < -0.39 is 7.82 Å². The predicted octanol–water partition coefficient (Wildman–Crippen LogP) is 3.23. The number of aromatic nitrogens is 2. The summed E-state index contributed by atoms with van der Waals surface area (Å²) in [6.07, 6.45) is 2.10. The first-order valence-corrected chi connectivity index (χ1v) is 12.6. The van der Waals surface area contributed by atoms with Crippen LogP contribution >= 0.6 is 42.2 Å². The Balaban J connectivity index is 2.34. The average Bonchev–Trinajstić information content (AvgIpc) is 2.71. The van der Waals surface area contributed by atoms with Crippen LogP contribution in [-0.2, 0) is 20.4 Å². The summed E-state index contributed by atoms with van der Waals surface area (Å²) in [6, 6.07) is 7.01. The number of hydrogen-bond donors (Lipinski definition) is 3. The van der Waals surface area contributed by atoms with E-state index in [4.69, 9.17) is 15.5 Å². The molecule has 0 aliphatic heterocycles. The Morgan fingerprint density at radius 2 is 2.06 bits per heavy atom. The van der Waals surface area contributed by atoms with Crippen molar-refractivity contribution in [2.75, 3.05) is 12.3 Å². The largest absolute Gasteiger partial charge is 0.469 e. The minimum atomic E-state index is -4.68. The van der Waals surface area contributed by atoms with Crippen molar-refractivity contribution in [3.05, 3.63) is 61.6 Å². The molecular weight excluding hydrogens is 570 g/mol. The molecule has 32 heavy (non-hydrogen) atoms. The number of phosphoric acid groups is 1. The van der Waals surface area contributed by atoms with Gasteiger partial charge in [-0.15, -0.1) is 0 Å². The number of amides is 1. The van der Waals surface area contributed by atoms with E-state index in [1.54, 1.807) is 38.1 Å². The van der Waals surface area contributed by atoms with E-state index in [1.165, 1.54) is 11.1 Å². The number of halogens is 1. The Hall–Kier alpha value is -1.83. The zero-order valence-electron chi connectivity index (χ0n) is 17.3. The molecule has 0 bridgehead atoms. The molecule has 2 aromatic rings. The van der Waals surface area contributed by atoms with Gasteiger partial charge >= 0.3 is 7.82 Å². The Bertz CT molecular complexity index is 1080. The van der Waals surface area contributed by atoms with Crippen LogP contribution in [0.5, 0.6) is 0 Å². The number of benzene rings is 1. The molecule has 0 aliphatic carbocycles. The quantitative estimate of drug-likeness (QED) is 0.213. The van der Waals surface area contributed by atoms with Crippen LogP contribution in [-0.4, -0.2) is 42.8 Å². The molecule has 10 nitrogen and oxygen atoms in total. The van der Waals surface area contributed by atoms with Crippen LogP contribution in [0.3, 0.4) is 0 Å². The number of aryl methyl sites for hydroxylation is 1. The van der Waals surface area contributed by atoms with Gasteiger partial charge in [-0.3, -0.25) is 14.1 Å². The number of carbonyl (C=O) groups is 2.